The van der Waals surface area contributed by atoms with Crippen LogP contribution in [0.2, 0.25) is 0 Å². The van der Waals surface area contributed by atoms with Crippen molar-refractivity contribution in [1.82, 2.24) is 0 Å². The summed E-state index contributed by atoms with van der Waals surface area (Å²) in [5.41, 5.74) is 3.73. The molecule has 2 amide bonds. The molecule has 0 aromatic heterocycles. The molecule has 0 spiro atoms. The van der Waals surface area contributed by atoms with E-state index in [1.165, 1.54) is 5.56 Å². The smallest absolute Gasteiger partial charge is 0.323 e. The molecule has 4 heteroatoms. The van der Waals surface area contributed by atoms with Crippen LogP contribution in [0.5, 0.6) is 5.75 Å². The molecule has 0 fully saturated rings. The van der Waals surface area contributed by atoms with Gasteiger partial charge in [-0.15, -0.1) is 0 Å². The van der Waals surface area contributed by atoms with E-state index in [1.807, 2.05) is 32.0 Å². The zero-order valence-corrected chi connectivity index (χ0v) is 11.9. The van der Waals surface area contributed by atoms with E-state index in [0.717, 1.165) is 17.0 Å². The van der Waals surface area contributed by atoms with Crippen LogP contribution in [0, 0.1) is 13.8 Å². The highest BCUT2D eigenvalue weighted by atomic mass is 16.5. The molecule has 4 nitrogen and oxygen atoms in total. The van der Waals surface area contributed by atoms with E-state index in [-0.39, 0.29) is 6.03 Å². The summed E-state index contributed by atoms with van der Waals surface area (Å²) in [6.07, 6.45) is 0. The molecule has 20 heavy (non-hydrogen) atoms. The molecule has 104 valence electrons. The third kappa shape index (κ3) is 3.51. The average Bonchev–Trinajstić information content (AvgIpc) is 2.43. The molecule has 0 radical (unpaired) electrons. The van der Waals surface area contributed by atoms with Gasteiger partial charge in [0.25, 0.3) is 0 Å². The number of urea groups is 1. The second kappa shape index (κ2) is 6.10. The summed E-state index contributed by atoms with van der Waals surface area (Å²) in [4.78, 5) is 11.9. The molecule has 0 saturated heterocycles. The molecule has 2 N–H and O–H groups in total. The predicted octanol–water partition coefficient (Wildman–Crippen LogP) is 3.96. The lowest BCUT2D eigenvalue weighted by molar-refractivity contribution is 0.262. The van der Waals surface area contributed by atoms with Crippen molar-refractivity contribution in [1.29, 1.82) is 0 Å². The summed E-state index contributed by atoms with van der Waals surface area (Å²) in [6.45, 7) is 3.99. The number of ether oxygens (including phenoxy) is 1. The maximum atomic E-state index is 11.9. The molecule has 0 aliphatic heterocycles. The molecule has 0 heterocycles. The Bertz CT molecular complexity index is 606. The number of hydrogen-bond donors (Lipinski definition) is 2. The van der Waals surface area contributed by atoms with E-state index in [9.17, 15) is 4.79 Å². The van der Waals surface area contributed by atoms with Crippen LogP contribution < -0.4 is 15.4 Å². The predicted molar refractivity (Wildman–Crippen MR) is 81.6 cm³/mol. The zero-order chi connectivity index (χ0) is 14.5. The summed E-state index contributed by atoms with van der Waals surface area (Å²) >= 11 is 0. The third-order valence-corrected chi connectivity index (χ3v) is 2.98. The average molecular weight is 270 g/mol. The highest BCUT2D eigenvalue weighted by Crippen LogP contribution is 2.18. The number of methoxy groups -OCH3 is 1. The van der Waals surface area contributed by atoms with Gasteiger partial charge in [-0.1, -0.05) is 17.7 Å². The van der Waals surface area contributed by atoms with Crippen LogP contribution in [-0.4, -0.2) is 13.1 Å². The quantitative estimate of drug-likeness (QED) is 0.887. The Morgan fingerprint density at radius 1 is 1.00 bits per heavy atom. The van der Waals surface area contributed by atoms with Crippen molar-refractivity contribution in [2.75, 3.05) is 17.7 Å². The first-order chi connectivity index (χ1) is 9.58. The number of aryl methyl sites for hydroxylation is 2. The molecule has 2 aromatic rings. The van der Waals surface area contributed by atoms with Gasteiger partial charge in [0.05, 0.1) is 7.11 Å². The number of rotatable bonds is 3. The minimum absolute atomic E-state index is 0.262. The van der Waals surface area contributed by atoms with Gasteiger partial charge in [0.15, 0.2) is 0 Å². The van der Waals surface area contributed by atoms with E-state index in [2.05, 4.69) is 10.6 Å². The van der Waals surface area contributed by atoms with Gasteiger partial charge in [-0.2, -0.15) is 0 Å². The van der Waals surface area contributed by atoms with Crippen molar-refractivity contribution in [3.05, 3.63) is 53.6 Å². The van der Waals surface area contributed by atoms with E-state index in [0.29, 0.717) is 5.69 Å². The van der Waals surface area contributed by atoms with Gasteiger partial charge in [-0.25, -0.2) is 4.79 Å². The van der Waals surface area contributed by atoms with Crippen LogP contribution in [-0.2, 0) is 0 Å². The van der Waals surface area contributed by atoms with E-state index in [1.54, 1.807) is 31.4 Å². The normalized spacial score (nSPS) is 9.95. The molecule has 0 unspecified atom stereocenters. The van der Waals surface area contributed by atoms with Crippen molar-refractivity contribution in [2.24, 2.45) is 0 Å². The largest absolute Gasteiger partial charge is 0.497 e. The Balaban J connectivity index is 2.01. The lowest BCUT2D eigenvalue weighted by Gasteiger charge is -2.10. The van der Waals surface area contributed by atoms with E-state index >= 15 is 0 Å². The number of benzene rings is 2. The van der Waals surface area contributed by atoms with Crippen molar-refractivity contribution in [2.45, 2.75) is 13.8 Å². The fourth-order valence-corrected chi connectivity index (χ4v) is 1.91. The Morgan fingerprint density at radius 2 is 1.70 bits per heavy atom. The van der Waals surface area contributed by atoms with E-state index in [4.69, 9.17) is 4.74 Å². The van der Waals surface area contributed by atoms with Crippen LogP contribution in [0.15, 0.2) is 42.5 Å². The summed E-state index contributed by atoms with van der Waals surface area (Å²) in [5, 5.41) is 5.61. The van der Waals surface area contributed by atoms with E-state index < -0.39 is 0 Å². The minimum atomic E-state index is -0.262. The SMILES string of the molecule is COc1ccc(NC(=O)Nc2ccc(C)cc2C)cc1. The van der Waals surface area contributed by atoms with Crippen LogP contribution in [0.25, 0.3) is 0 Å². The summed E-state index contributed by atoms with van der Waals surface area (Å²) in [6, 6.07) is 12.8. The van der Waals surface area contributed by atoms with Crippen molar-refractivity contribution in [3.63, 3.8) is 0 Å². The summed E-state index contributed by atoms with van der Waals surface area (Å²) in [7, 11) is 1.61. The molecule has 0 aliphatic carbocycles. The fourth-order valence-electron chi connectivity index (χ4n) is 1.91. The summed E-state index contributed by atoms with van der Waals surface area (Å²) in [5.74, 6) is 0.755. The van der Waals surface area contributed by atoms with Crippen LogP contribution in [0.3, 0.4) is 0 Å². The molecule has 0 saturated carbocycles. The van der Waals surface area contributed by atoms with Crippen LogP contribution >= 0.6 is 0 Å². The van der Waals surface area contributed by atoms with Crippen molar-refractivity contribution in [3.8, 4) is 5.75 Å². The molecular weight excluding hydrogens is 252 g/mol. The van der Waals surface area contributed by atoms with Crippen molar-refractivity contribution < 1.29 is 9.53 Å². The second-order valence-electron chi connectivity index (χ2n) is 4.63. The number of anilines is 2. The Hall–Kier alpha value is -2.49. The van der Waals surface area contributed by atoms with Gasteiger partial charge in [-0.05, 0) is 49.7 Å². The third-order valence-electron chi connectivity index (χ3n) is 2.98. The summed E-state index contributed by atoms with van der Waals surface area (Å²) < 4.78 is 5.07. The maximum absolute atomic E-state index is 11.9. The van der Waals surface area contributed by atoms with Gasteiger partial charge in [0.1, 0.15) is 5.75 Å². The first-order valence-corrected chi connectivity index (χ1v) is 6.38. The Labute approximate surface area is 118 Å². The first kappa shape index (κ1) is 13.9. The number of hydrogen-bond acceptors (Lipinski definition) is 2. The number of amides is 2. The molecular formula is C16H18N2O2. The molecule has 0 bridgehead atoms. The number of nitrogens with one attached hydrogen (secondary N) is 2. The zero-order valence-electron chi connectivity index (χ0n) is 11.9. The van der Waals surface area contributed by atoms with Crippen LogP contribution in [0.1, 0.15) is 11.1 Å². The molecule has 0 aliphatic rings. The lowest BCUT2D eigenvalue weighted by atomic mass is 10.1. The van der Waals surface area contributed by atoms with Crippen LogP contribution in [0.4, 0.5) is 16.2 Å². The van der Waals surface area contributed by atoms with Gasteiger partial charge in [0, 0.05) is 11.4 Å². The van der Waals surface area contributed by atoms with Crippen molar-refractivity contribution >= 4 is 17.4 Å². The number of carbonyl (C=O) groups is 1. The topological polar surface area (TPSA) is 50.4 Å². The number of carbonyl (C=O) groups excluding carboxylic acids is 1. The standard InChI is InChI=1S/C16H18N2O2/c1-11-4-9-15(12(2)10-11)18-16(19)17-13-5-7-14(20-3)8-6-13/h4-10H,1-3H3,(H2,17,18,19). The fraction of sp³-hybridized carbons (Fsp3) is 0.188. The second-order valence-corrected chi connectivity index (χ2v) is 4.63. The molecule has 2 aromatic carbocycles. The molecule has 2 rings (SSSR count). The highest BCUT2D eigenvalue weighted by Gasteiger charge is 2.05. The molecule has 0 atom stereocenters. The Kier molecular flexibility index (Phi) is 4.25. The highest BCUT2D eigenvalue weighted by molar-refractivity contribution is 6.00. The first-order valence-electron chi connectivity index (χ1n) is 6.38. The Morgan fingerprint density at radius 3 is 2.30 bits per heavy atom. The lowest BCUT2D eigenvalue weighted by Crippen LogP contribution is -2.19. The van der Waals surface area contributed by atoms with Gasteiger partial charge in [-0.3, -0.25) is 0 Å². The van der Waals surface area contributed by atoms with Gasteiger partial charge >= 0.3 is 6.03 Å². The van der Waals surface area contributed by atoms with Gasteiger partial charge < -0.3 is 15.4 Å². The maximum Gasteiger partial charge on any atom is 0.323 e. The van der Waals surface area contributed by atoms with Gasteiger partial charge in [0.2, 0.25) is 0 Å². The minimum Gasteiger partial charge on any atom is -0.497 e. The monoisotopic (exact) mass is 270 g/mol.